The molecule has 0 bridgehead atoms. The lowest BCUT2D eigenvalue weighted by atomic mass is 10.1. The molecule has 0 amide bonds. The molecular formula is C6H13B2NO2. The van der Waals surface area contributed by atoms with Crippen LogP contribution in [0.4, 0.5) is 0 Å². The van der Waals surface area contributed by atoms with Crippen molar-refractivity contribution >= 4 is 16.0 Å². The summed E-state index contributed by atoms with van der Waals surface area (Å²) >= 11 is 0. The second-order valence-electron chi connectivity index (χ2n) is 3.01. The summed E-state index contributed by atoms with van der Waals surface area (Å²) in [5.41, 5.74) is -0.351. The number of nitrogens with zero attached hydrogens (tertiary/aromatic N) is 1. The summed E-state index contributed by atoms with van der Waals surface area (Å²) in [5, 5.41) is 0. The van der Waals surface area contributed by atoms with Crippen molar-refractivity contribution < 1.29 is 9.49 Å². The third-order valence-electron chi connectivity index (χ3n) is 1.32. The van der Waals surface area contributed by atoms with Crippen LogP contribution in [0.2, 0.25) is 0 Å². The fraction of sp³-hybridized carbons (Fsp3) is 1.00. The Kier molecular flexibility index (Phi) is 4.81. The van der Waals surface area contributed by atoms with Gasteiger partial charge in [-0.15, -0.1) is 0 Å². The number of hydrogen-bond donors (Lipinski definition) is 0. The van der Waals surface area contributed by atoms with E-state index in [0.717, 1.165) is 4.97 Å². The second-order valence-corrected chi connectivity index (χ2v) is 3.01. The van der Waals surface area contributed by atoms with E-state index in [-0.39, 0.29) is 5.60 Å². The molecule has 4 radical (unpaired) electrons. The summed E-state index contributed by atoms with van der Waals surface area (Å²) in [6.45, 7) is 4.26. The summed E-state index contributed by atoms with van der Waals surface area (Å²) in [7, 11) is 11.8. The largest absolute Gasteiger partial charge is 0.443 e. The Morgan fingerprint density at radius 1 is 1.45 bits per heavy atom. The van der Waals surface area contributed by atoms with Crippen LogP contribution in [-0.4, -0.2) is 40.3 Å². The molecule has 0 saturated carbocycles. The highest BCUT2D eigenvalue weighted by Gasteiger charge is 2.14. The molecule has 0 atom stereocenters. The molecule has 0 saturated heterocycles. The maximum absolute atomic E-state index is 5.20. The minimum atomic E-state index is -0.351. The molecule has 0 aromatic carbocycles. The quantitative estimate of drug-likeness (QED) is 0.415. The van der Waals surface area contributed by atoms with Crippen molar-refractivity contribution in [1.82, 2.24) is 4.97 Å². The fourth-order valence-corrected chi connectivity index (χ4v) is 0.494. The van der Waals surface area contributed by atoms with Crippen LogP contribution in [-0.2, 0) is 9.49 Å². The minimum absolute atomic E-state index is 0.351. The summed E-state index contributed by atoms with van der Waals surface area (Å²) in [4.78, 5) is 6.11. The Bertz CT molecular complexity index is 109. The first-order valence-electron chi connectivity index (χ1n) is 3.47. The highest BCUT2D eigenvalue weighted by molar-refractivity contribution is 6.03. The molecule has 0 fully saturated rings. The number of hydroxylamine groups is 1. The van der Waals surface area contributed by atoms with E-state index < -0.39 is 0 Å². The van der Waals surface area contributed by atoms with Crippen molar-refractivity contribution in [1.29, 1.82) is 0 Å². The van der Waals surface area contributed by atoms with Crippen molar-refractivity contribution in [2.45, 2.75) is 25.9 Å². The van der Waals surface area contributed by atoms with E-state index in [9.17, 15) is 0 Å². The maximum Gasteiger partial charge on any atom is 0.283 e. The first kappa shape index (κ1) is 11.0. The van der Waals surface area contributed by atoms with E-state index in [1.807, 2.05) is 13.8 Å². The molecule has 0 aromatic rings. The summed E-state index contributed by atoms with van der Waals surface area (Å²) < 4.78 is 4.68. The molecular weight excluding hydrogens is 140 g/mol. The van der Waals surface area contributed by atoms with Gasteiger partial charge in [-0.05, 0) is 27.3 Å². The van der Waals surface area contributed by atoms with Crippen molar-refractivity contribution in [3.63, 3.8) is 0 Å². The Labute approximate surface area is 70.9 Å². The zero-order chi connectivity index (χ0) is 8.91. The molecule has 11 heavy (non-hydrogen) atoms. The van der Waals surface area contributed by atoms with Crippen LogP contribution in [0.3, 0.4) is 0 Å². The molecule has 0 spiro atoms. The van der Waals surface area contributed by atoms with Crippen molar-refractivity contribution in [3.05, 3.63) is 0 Å². The molecule has 0 N–H and O–H groups in total. The third kappa shape index (κ3) is 6.41. The monoisotopic (exact) mass is 153 g/mol. The lowest BCUT2D eigenvalue weighted by Gasteiger charge is -2.24. The second kappa shape index (κ2) is 4.80. The summed E-state index contributed by atoms with van der Waals surface area (Å²) in [5.74, 6) is 0. The van der Waals surface area contributed by atoms with Gasteiger partial charge in [-0.1, -0.05) is 0 Å². The molecule has 0 aromatic heterocycles. The smallest absolute Gasteiger partial charge is 0.283 e. The molecule has 60 valence electrons. The van der Waals surface area contributed by atoms with Crippen LogP contribution >= 0.6 is 0 Å². The van der Waals surface area contributed by atoms with Crippen molar-refractivity contribution in [3.8, 4) is 0 Å². The molecule has 0 heterocycles. The number of hydrogen-bond acceptors (Lipinski definition) is 3. The zero-order valence-electron chi connectivity index (χ0n) is 7.33. The lowest BCUT2D eigenvalue weighted by molar-refractivity contribution is -0.0810. The van der Waals surface area contributed by atoms with Gasteiger partial charge in [0.05, 0.1) is 6.61 Å². The molecule has 5 heteroatoms. The minimum Gasteiger partial charge on any atom is -0.443 e. The molecule has 0 aliphatic rings. The van der Waals surface area contributed by atoms with Crippen LogP contribution in [0.15, 0.2) is 0 Å². The van der Waals surface area contributed by atoms with E-state index in [4.69, 9.17) is 20.9 Å². The van der Waals surface area contributed by atoms with Gasteiger partial charge < -0.3 is 9.49 Å². The van der Waals surface area contributed by atoms with Crippen molar-refractivity contribution in [2.75, 3.05) is 13.7 Å². The maximum atomic E-state index is 5.20. The average Bonchev–Trinajstić information content (AvgIpc) is 1.87. The third-order valence-corrected chi connectivity index (χ3v) is 1.32. The highest BCUT2D eigenvalue weighted by atomic mass is 16.7. The first-order chi connectivity index (χ1) is 4.98. The number of rotatable bonds is 5. The summed E-state index contributed by atoms with van der Waals surface area (Å²) in [6, 6.07) is 0. The van der Waals surface area contributed by atoms with Crippen LogP contribution in [0.25, 0.3) is 0 Å². The van der Waals surface area contributed by atoms with Gasteiger partial charge in [-0.3, -0.25) is 0 Å². The topological polar surface area (TPSA) is 21.7 Å². The van der Waals surface area contributed by atoms with Crippen LogP contribution in [0, 0.1) is 0 Å². The lowest BCUT2D eigenvalue weighted by Crippen LogP contribution is -2.27. The molecule has 0 aliphatic heterocycles. The average molecular weight is 153 g/mol. The Morgan fingerprint density at radius 3 is 2.36 bits per heavy atom. The van der Waals surface area contributed by atoms with E-state index in [0.29, 0.717) is 13.0 Å². The van der Waals surface area contributed by atoms with Gasteiger partial charge in [0.15, 0.2) is 0 Å². The SMILES string of the molecule is [B]OC(C)(C)CCON([B])C. The Balaban J connectivity index is 3.38. The first-order valence-corrected chi connectivity index (χ1v) is 3.47. The molecule has 0 aliphatic carbocycles. The fourth-order valence-electron chi connectivity index (χ4n) is 0.494. The zero-order valence-corrected chi connectivity index (χ0v) is 7.33. The Hall–Kier alpha value is 0.00987. The molecule has 3 nitrogen and oxygen atoms in total. The van der Waals surface area contributed by atoms with Gasteiger partial charge in [0.2, 0.25) is 7.98 Å². The van der Waals surface area contributed by atoms with Crippen LogP contribution in [0.1, 0.15) is 20.3 Å². The Morgan fingerprint density at radius 2 is 2.00 bits per heavy atom. The van der Waals surface area contributed by atoms with Gasteiger partial charge in [0.25, 0.3) is 8.05 Å². The van der Waals surface area contributed by atoms with Gasteiger partial charge in [-0.2, -0.15) is 0 Å². The predicted molar refractivity (Wildman–Crippen MR) is 45.0 cm³/mol. The molecule has 0 rings (SSSR count). The van der Waals surface area contributed by atoms with Gasteiger partial charge >= 0.3 is 0 Å². The van der Waals surface area contributed by atoms with E-state index >= 15 is 0 Å². The normalized spacial score (nSPS) is 12.4. The highest BCUT2D eigenvalue weighted by Crippen LogP contribution is 2.11. The van der Waals surface area contributed by atoms with Crippen LogP contribution in [0.5, 0.6) is 0 Å². The van der Waals surface area contributed by atoms with Crippen LogP contribution < -0.4 is 0 Å². The van der Waals surface area contributed by atoms with E-state index in [1.54, 1.807) is 7.05 Å². The van der Waals surface area contributed by atoms with Gasteiger partial charge in [0, 0.05) is 5.60 Å². The van der Waals surface area contributed by atoms with E-state index in [2.05, 4.69) is 4.65 Å². The summed E-state index contributed by atoms with van der Waals surface area (Å²) in [6.07, 6.45) is 0.699. The van der Waals surface area contributed by atoms with Gasteiger partial charge in [-0.25, -0.2) is 4.97 Å². The predicted octanol–water partition coefficient (Wildman–Crippen LogP) is 0.202. The van der Waals surface area contributed by atoms with Crippen molar-refractivity contribution in [2.24, 2.45) is 0 Å². The van der Waals surface area contributed by atoms with E-state index in [1.165, 1.54) is 0 Å². The van der Waals surface area contributed by atoms with Gasteiger partial charge in [0.1, 0.15) is 0 Å². The molecule has 0 unspecified atom stereocenters. The standard InChI is InChI=1S/C6H13B2NO2/c1-6(2,11-8)4-5-10-9(3)7/h4-5H2,1-3H3.